The SMILES string of the molecule is COC(=O)Nc1ccc(OCCF)cc1. The molecule has 0 aromatic heterocycles. The number of alkyl halides is 1. The van der Waals surface area contributed by atoms with Crippen molar-refractivity contribution in [3.8, 4) is 5.75 Å². The number of carbonyl (C=O) groups excluding carboxylic acids is 1. The van der Waals surface area contributed by atoms with Crippen LogP contribution in [0.15, 0.2) is 24.3 Å². The van der Waals surface area contributed by atoms with E-state index in [1.165, 1.54) is 7.11 Å². The van der Waals surface area contributed by atoms with E-state index in [-0.39, 0.29) is 6.61 Å². The van der Waals surface area contributed by atoms with Crippen LogP contribution in [-0.2, 0) is 4.74 Å². The zero-order chi connectivity index (χ0) is 11.1. The Kier molecular flexibility index (Phi) is 4.40. The second kappa shape index (κ2) is 5.85. The van der Waals surface area contributed by atoms with Crippen molar-refractivity contribution >= 4 is 11.8 Å². The highest BCUT2D eigenvalue weighted by atomic mass is 19.1. The van der Waals surface area contributed by atoms with Crippen molar-refractivity contribution in [2.75, 3.05) is 25.7 Å². The highest BCUT2D eigenvalue weighted by molar-refractivity contribution is 5.84. The molecule has 0 aliphatic rings. The van der Waals surface area contributed by atoms with E-state index in [1.807, 2.05) is 0 Å². The third kappa shape index (κ3) is 3.84. The van der Waals surface area contributed by atoms with E-state index < -0.39 is 12.8 Å². The molecule has 0 atom stereocenters. The van der Waals surface area contributed by atoms with Crippen molar-refractivity contribution in [2.45, 2.75) is 0 Å². The Bertz CT molecular complexity index is 313. The minimum atomic E-state index is -0.535. The lowest BCUT2D eigenvalue weighted by molar-refractivity contribution is 0.187. The third-order valence-electron chi connectivity index (χ3n) is 1.63. The molecule has 0 saturated heterocycles. The quantitative estimate of drug-likeness (QED) is 0.834. The number of hydrogen-bond acceptors (Lipinski definition) is 3. The van der Waals surface area contributed by atoms with Gasteiger partial charge in [-0.1, -0.05) is 0 Å². The molecule has 1 amide bonds. The maximum absolute atomic E-state index is 11.8. The van der Waals surface area contributed by atoms with Gasteiger partial charge in [0.1, 0.15) is 19.0 Å². The number of anilines is 1. The number of halogens is 1. The van der Waals surface area contributed by atoms with Crippen molar-refractivity contribution in [3.63, 3.8) is 0 Å². The van der Waals surface area contributed by atoms with Gasteiger partial charge in [0.2, 0.25) is 0 Å². The van der Waals surface area contributed by atoms with Crippen LogP contribution in [0.2, 0.25) is 0 Å². The van der Waals surface area contributed by atoms with Gasteiger partial charge in [0.25, 0.3) is 0 Å². The summed E-state index contributed by atoms with van der Waals surface area (Å²) in [6.45, 7) is -0.494. The molecule has 4 nitrogen and oxygen atoms in total. The van der Waals surface area contributed by atoms with Gasteiger partial charge < -0.3 is 9.47 Å². The number of benzene rings is 1. The molecule has 15 heavy (non-hydrogen) atoms. The van der Waals surface area contributed by atoms with Crippen LogP contribution in [0.25, 0.3) is 0 Å². The monoisotopic (exact) mass is 213 g/mol. The molecule has 0 spiro atoms. The predicted molar refractivity (Wildman–Crippen MR) is 53.9 cm³/mol. The predicted octanol–water partition coefficient (Wildman–Crippen LogP) is 2.21. The lowest BCUT2D eigenvalue weighted by atomic mass is 10.3. The Hall–Kier alpha value is -1.78. The fraction of sp³-hybridized carbons (Fsp3) is 0.300. The van der Waals surface area contributed by atoms with Gasteiger partial charge in [-0.2, -0.15) is 0 Å². The van der Waals surface area contributed by atoms with Crippen LogP contribution in [0.4, 0.5) is 14.9 Å². The Balaban J connectivity index is 2.52. The van der Waals surface area contributed by atoms with Gasteiger partial charge >= 0.3 is 6.09 Å². The van der Waals surface area contributed by atoms with Gasteiger partial charge in [-0.3, -0.25) is 5.32 Å². The van der Waals surface area contributed by atoms with Gasteiger partial charge in [-0.15, -0.1) is 0 Å². The molecule has 0 fully saturated rings. The first-order valence-corrected chi connectivity index (χ1v) is 4.40. The van der Waals surface area contributed by atoms with Crippen LogP contribution in [-0.4, -0.2) is 26.5 Å². The van der Waals surface area contributed by atoms with Crippen molar-refractivity contribution in [2.24, 2.45) is 0 Å². The average molecular weight is 213 g/mol. The fourth-order valence-electron chi connectivity index (χ4n) is 0.960. The van der Waals surface area contributed by atoms with E-state index in [2.05, 4.69) is 10.1 Å². The Morgan fingerprint density at radius 2 is 2.07 bits per heavy atom. The first kappa shape index (κ1) is 11.3. The molecule has 1 rings (SSSR count). The van der Waals surface area contributed by atoms with E-state index in [9.17, 15) is 9.18 Å². The summed E-state index contributed by atoms with van der Waals surface area (Å²) < 4.78 is 21.2. The van der Waals surface area contributed by atoms with Crippen molar-refractivity contribution in [1.82, 2.24) is 0 Å². The van der Waals surface area contributed by atoms with Crippen LogP contribution < -0.4 is 10.1 Å². The van der Waals surface area contributed by atoms with Gasteiger partial charge in [0.05, 0.1) is 7.11 Å². The Morgan fingerprint density at radius 1 is 1.40 bits per heavy atom. The molecule has 0 heterocycles. The van der Waals surface area contributed by atoms with Crippen LogP contribution in [0.3, 0.4) is 0 Å². The number of nitrogens with one attached hydrogen (secondary N) is 1. The van der Waals surface area contributed by atoms with Crippen LogP contribution >= 0.6 is 0 Å². The van der Waals surface area contributed by atoms with Crippen LogP contribution in [0.1, 0.15) is 0 Å². The molecule has 0 aliphatic heterocycles. The maximum Gasteiger partial charge on any atom is 0.411 e. The van der Waals surface area contributed by atoms with E-state index in [4.69, 9.17) is 4.74 Å². The molecule has 0 radical (unpaired) electrons. The summed E-state index contributed by atoms with van der Waals surface area (Å²) >= 11 is 0. The zero-order valence-electron chi connectivity index (χ0n) is 8.33. The average Bonchev–Trinajstić information content (AvgIpc) is 2.28. The summed E-state index contributed by atoms with van der Waals surface area (Å²) in [6, 6.07) is 6.57. The topological polar surface area (TPSA) is 47.6 Å². The summed E-state index contributed by atoms with van der Waals surface area (Å²) in [5.41, 5.74) is 0.592. The summed E-state index contributed by atoms with van der Waals surface area (Å²) in [5, 5.41) is 2.48. The molecule has 1 aromatic rings. The highest BCUT2D eigenvalue weighted by Gasteiger charge is 2.00. The zero-order valence-corrected chi connectivity index (χ0v) is 8.33. The number of carbonyl (C=O) groups is 1. The standard InChI is InChI=1S/C10H12FNO3/c1-14-10(13)12-8-2-4-9(5-3-8)15-7-6-11/h2-5H,6-7H2,1H3,(H,12,13). The van der Waals surface area contributed by atoms with Gasteiger partial charge in [0, 0.05) is 5.69 Å². The lowest BCUT2D eigenvalue weighted by Gasteiger charge is -2.06. The second-order valence-corrected chi connectivity index (χ2v) is 2.68. The molecular formula is C10H12FNO3. The molecule has 0 aliphatic carbocycles. The minimum Gasteiger partial charge on any atom is -0.491 e. The largest absolute Gasteiger partial charge is 0.491 e. The number of methoxy groups -OCH3 is 1. The Morgan fingerprint density at radius 3 is 2.60 bits per heavy atom. The molecule has 1 N–H and O–H groups in total. The summed E-state index contributed by atoms with van der Waals surface area (Å²) in [7, 11) is 1.29. The summed E-state index contributed by atoms with van der Waals surface area (Å²) in [5.74, 6) is 0.558. The molecule has 0 saturated carbocycles. The van der Waals surface area contributed by atoms with Crippen molar-refractivity contribution in [1.29, 1.82) is 0 Å². The molecule has 0 unspecified atom stereocenters. The van der Waals surface area contributed by atoms with Crippen molar-refractivity contribution in [3.05, 3.63) is 24.3 Å². The number of amides is 1. The lowest BCUT2D eigenvalue weighted by Crippen LogP contribution is -2.10. The number of hydrogen-bond donors (Lipinski definition) is 1. The maximum atomic E-state index is 11.8. The third-order valence-corrected chi connectivity index (χ3v) is 1.63. The van der Waals surface area contributed by atoms with Gasteiger partial charge in [0.15, 0.2) is 0 Å². The van der Waals surface area contributed by atoms with Crippen LogP contribution in [0, 0.1) is 0 Å². The summed E-state index contributed by atoms with van der Waals surface area (Å²) in [4.78, 5) is 10.8. The molecule has 1 aromatic carbocycles. The first-order chi connectivity index (χ1) is 7.26. The van der Waals surface area contributed by atoms with E-state index in [0.29, 0.717) is 11.4 Å². The molecule has 0 bridgehead atoms. The first-order valence-electron chi connectivity index (χ1n) is 4.40. The molecule has 82 valence electrons. The number of ether oxygens (including phenoxy) is 2. The van der Waals surface area contributed by atoms with Crippen LogP contribution in [0.5, 0.6) is 5.75 Å². The summed E-state index contributed by atoms with van der Waals surface area (Å²) in [6.07, 6.45) is -0.535. The second-order valence-electron chi connectivity index (χ2n) is 2.68. The molecule has 5 heteroatoms. The van der Waals surface area contributed by atoms with E-state index in [0.717, 1.165) is 0 Å². The fourth-order valence-corrected chi connectivity index (χ4v) is 0.960. The van der Waals surface area contributed by atoms with Crippen molar-refractivity contribution < 1.29 is 18.7 Å². The Labute approximate surface area is 87.0 Å². The van der Waals surface area contributed by atoms with E-state index >= 15 is 0 Å². The van der Waals surface area contributed by atoms with Gasteiger partial charge in [-0.25, -0.2) is 9.18 Å². The van der Waals surface area contributed by atoms with Gasteiger partial charge in [-0.05, 0) is 24.3 Å². The molecular weight excluding hydrogens is 201 g/mol. The smallest absolute Gasteiger partial charge is 0.411 e. The number of rotatable bonds is 4. The minimum absolute atomic E-state index is 0.0315. The van der Waals surface area contributed by atoms with E-state index in [1.54, 1.807) is 24.3 Å². The highest BCUT2D eigenvalue weighted by Crippen LogP contribution is 2.15. The normalized spacial score (nSPS) is 9.47.